The van der Waals surface area contributed by atoms with Gasteiger partial charge in [-0.15, -0.1) is 0 Å². The van der Waals surface area contributed by atoms with Gasteiger partial charge in [-0.1, -0.05) is 29.8 Å². The number of thiophene rings is 1. The maximum atomic E-state index is 11.8. The van der Waals surface area contributed by atoms with Gasteiger partial charge in [0.1, 0.15) is 5.76 Å². The van der Waals surface area contributed by atoms with Gasteiger partial charge in [0, 0.05) is 5.56 Å². The van der Waals surface area contributed by atoms with E-state index in [1.807, 2.05) is 54.1 Å². The van der Waals surface area contributed by atoms with Crippen molar-refractivity contribution in [3.05, 3.63) is 69.4 Å². The lowest BCUT2D eigenvalue weighted by molar-refractivity contribution is -0.130. The zero-order valence-electron chi connectivity index (χ0n) is 10.4. The molecule has 0 unspecified atom stereocenters. The minimum Gasteiger partial charge on any atom is -0.422 e. The summed E-state index contributed by atoms with van der Waals surface area (Å²) in [5.41, 5.74) is 3.72. The fourth-order valence-corrected chi connectivity index (χ4v) is 2.50. The van der Waals surface area contributed by atoms with Gasteiger partial charge in [0.05, 0.1) is 5.57 Å². The fraction of sp³-hybridized carbons (Fsp3) is 0.0625. The lowest BCUT2D eigenvalue weighted by Crippen LogP contribution is -1.96. The second kappa shape index (κ2) is 4.86. The molecule has 0 saturated heterocycles. The first-order valence-electron chi connectivity index (χ1n) is 5.97. The highest BCUT2D eigenvalue weighted by atomic mass is 32.1. The average molecular weight is 268 g/mol. The molecular weight excluding hydrogens is 256 g/mol. The Kier molecular flexibility index (Phi) is 3.05. The third kappa shape index (κ3) is 2.51. The number of hydrogen-bond donors (Lipinski definition) is 0. The van der Waals surface area contributed by atoms with Gasteiger partial charge in [-0.25, -0.2) is 4.79 Å². The largest absolute Gasteiger partial charge is 0.422 e. The Morgan fingerprint density at radius 1 is 1.16 bits per heavy atom. The van der Waals surface area contributed by atoms with Crippen LogP contribution in [0.3, 0.4) is 0 Å². The molecule has 1 aliphatic rings. The molecule has 0 atom stereocenters. The third-order valence-electron chi connectivity index (χ3n) is 2.93. The van der Waals surface area contributed by atoms with Crippen molar-refractivity contribution in [2.75, 3.05) is 0 Å². The molecule has 2 aromatic rings. The number of aryl methyl sites for hydroxylation is 1. The van der Waals surface area contributed by atoms with E-state index in [9.17, 15) is 4.79 Å². The molecule has 0 aliphatic carbocycles. The molecule has 1 aromatic heterocycles. The van der Waals surface area contributed by atoms with Crippen molar-refractivity contribution in [1.29, 1.82) is 0 Å². The molecule has 0 radical (unpaired) electrons. The van der Waals surface area contributed by atoms with Crippen molar-refractivity contribution in [3.63, 3.8) is 0 Å². The van der Waals surface area contributed by atoms with E-state index in [2.05, 4.69) is 0 Å². The van der Waals surface area contributed by atoms with Crippen LogP contribution in [0.15, 0.2) is 52.7 Å². The van der Waals surface area contributed by atoms with Gasteiger partial charge in [-0.05, 0) is 41.5 Å². The van der Waals surface area contributed by atoms with Crippen LogP contribution in [0, 0.1) is 6.92 Å². The first kappa shape index (κ1) is 11.9. The molecule has 0 amide bonds. The van der Waals surface area contributed by atoms with Crippen LogP contribution in [0.25, 0.3) is 11.8 Å². The molecular formula is C16H12O2S. The number of cyclic esters (lactones) is 1. The van der Waals surface area contributed by atoms with Gasteiger partial charge in [-0.2, -0.15) is 11.3 Å². The van der Waals surface area contributed by atoms with Gasteiger partial charge in [0.25, 0.3) is 0 Å². The van der Waals surface area contributed by atoms with E-state index in [0.717, 1.165) is 11.1 Å². The standard InChI is InChI=1S/C16H12O2S/c1-11-2-4-13(5-3-11)15-9-14(16(17)18-15)8-12-6-7-19-10-12/h2-10H,1H3/b14-8-. The van der Waals surface area contributed by atoms with E-state index in [0.29, 0.717) is 11.3 Å². The van der Waals surface area contributed by atoms with Crippen LogP contribution in [0.2, 0.25) is 0 Å². The summed E-state index contributed by atoms with van der Waals surface area (Å²) in [7, 11) is 0. The highest BCUT2D eigenvalue weighted by Gasteiger charge is 2.21. The van der Waals surface area contributed by atoms with Crippen molar-refractivity contribution in [1.82, 2.24) is 0 Å². The first-order chi connectivity index (χ1) is 9.22. The van der Waals surface area contributed by atoms with Crippen molar-refractivity contribution in [2.24, 2.45) is 0 Å². The first-order valence-corrected chi connectivity index (χ1v) is 6.91. The molecule has 0 saturated carbocycles. The zero-order chi connectivity index (χ0) is 13.2. The number of benzene rings is 1. The summed E-state index contributed by atoms with van der Waals surface area (Å²) in [4.78, 5) is 11.8. The van der Waals surface area contributed by atoms with Gasteiger partial charge in [0.2, 0.25) is 0 Å². The van der Waals surface area contributed by atoms with E-state index in [4.69, 9.17) is 4.74 Å². The Balaban J connectivity index is 1.93. The van der Waals surface area contributed by atoms with E-state index >= 15 is 0 Å². The third-order valence-corrected chi connectivity index (χ3v) is 3.63. The lowest BCUT2D eigenvalue weighted by Gasteiger charge is -2.01. The van der Waals surface area contributed by atoms with E-state index in [-0.39, 0.29) is 5.97 Å². The summed E-state index contributed by atoms with van der Waals surface area (Å²) in [5.74, 6) is 0.327. The van der Waals surface area contributed by atoms with Crippen molar-refractivity contribution < 1.29 is 9.53 Å². The van der Waals surface area contributed by atoms with Crippen LogP contribution in [0.4, 0.5) is 0 Å². The molecule has 0 N–H and O–H groups in total. The van der Waals surface area contributed by atoms with Crippen LogP contribution < -0.4 is 0 Å². The average Bonchev–Trinajstić information content (AvgIpc) is 3.02. The van der Waals surface area contributed by atoms with Crippen LogP contribution in [0.1, 0.15) is 16.7 Å². The highest BCUT2D eigenvalue weighted by Crippen LogP contribution is 2.27. The summed E-state index contributed by atoms with van der Waals surface area (Å²) >= 11 is 1.61. The van der Waals surface area contributed by atoms with E-state index in [1.54, 1.807) is 17.4 Å². The number of hydrogen-bond acceptors (Lipinski definition) is 3. The molecule has 0 spiro atoms. The van der Waals surface area contributed by atoms with Gasteiger partial charge in [0.15, 0.2) is 0 Å². The van der Waals surface area contributed by atoms with Gasteiger partial charge >= 0.3 is 5.97 Å². The predicted octanol–water partition coefficient (Wildman–Crippen LogP) is 4.04. The summed E-state index contributed by atoms with van der Waals surface area (Å²) in [6.07, 6.45) is 3.64. The van der Waals surface area contributed by atoms with Crippen molar-refractivity contribution >= 4 is 29.1 Å². The molecule has 1 aliphatic heterocycles. The number of ether oxygens (including phenoxy) is 1. The Morgan fingerprint density at radius 2 is 1.95 bits per heavy atom. The number of esters is 1. The summed E-state index contributed by atoms with van der Waals surface area (Å²) in [6, 6.07) is 9.90. The Bertz CT molecular complexity index is 661. The van der Waals surface area contributed by atoms with Crippen LogP contribution in [0.5, 0.6) is 0 Å². The smallest absolute Gasteiger partial charge is 0.343 e. The van der Waals surface area contributed by atoms with Gasteiger partial charge < -0.3 is 4.74 Å². The number of rotatable bonds is 2. The maximum Gasteiger partial charge on any atom is 0.343 e. The molecule has 2 nitrogen and oxygen atoms in total. The molecule has 94 valence electrons. The molecule has 0 fully saturated rings. The molecule has 19 heavy (non-hydrogen) atoms. The molecule has 0 bridgehead atoms. The highest BCUT2D eigenvalue weighted by molar-refractivity contribution is 7.08. The van der Waals surface area contributed by atoms with E-state index < -0.39 is 0 Å². The molecule has 1 aromatic carbocycles. The van der Waals surface area contributed by atoms with Crippen molar-refractivity contribution in [2.45, 2.75) is 6.92 Å². The molecule has 3 rings (SSSR count). The fourth-order valence-electron chi connectivity index (χ4n) is 1.89. The topological polar surface area (TPSA) is 26.3 Å². The van der Waals surface area contributed by atoms with Crippen LogP contribution in [-0.4, -0.2) is 5.97 Å². The quantitative estimate of drug-likeness (QED) is 0.607. The second-order valence-electron chi connectivity index (χ2n) is 4.42. The second-order valence-corrected chi connectivity index (χ2v) is 5.20. The monoisotopic (exact) mass is 268 g/mol. The normalized spacial score (nSPS) is 16.6. The summed E-state index contributed by atoms with van der Waals surface area (Å²) in [5, 5.41) is 3.98. The predicted molar refractivity (Wildman–Crippen MR) is 77.5 cm³/mol. The Labute approximate surface area is 115 Å². The van der Waals surface area contributed by atoms with Gasteiger partial charge in [-0.3, -0.25) is 0 Å². The Morgan fingerprint density at radius 3 is 2.63 bits per heavy atom. The number of carbonyl (C=O) groups excluding carboxylic acids is 1. The molecule has 3 heteroatoms. The van der Waals surface area contributed by atoms with Crippen LogP contribution >= 0.6 is 11.3 Å². The molecule has 2 heterocycles. The van der Waals surface area contributed by atoms with E-state index in [1.165, 1.54) is 5.56 Å². The maximum absolute atomic E-state index is 11.8. The lowest BCUT2D eigenvalue weighted by atomic mass is 10.1. The van der Waals surface area contributed by atoms with Crippen LogP contribution in [-0.2, 0) is 9.53 Å². The summed E-state index contributed by atoms with van der Waals surface area (Å²) in [6.45, 7) is 2.03. The SMILES string of the molecule is Cc1ccc(C2=C/C(=C/c3ccsc3)C(=O)O2)cc1. The number of carbonyl (C=O) groups is 1. The minimum atomic E-state index is -0.290. The minimum absolute atomic E-state index is 0.290. The Hall–Kier alpha value is -2.13. The zero-order valence-corrected chi connectivity index (χ0v) is 11.2. The van der Waals surface area contributed by atoms with Crippen molar-refractivity contribution in [3.8, 4) is 0 Å². The summed E-state index contributed by atoms with van der Waals surface area (Å²) < 4.78 is 5.31.